The number of carbonyl (C=O) groups excluding carboxylic acids is 2. The first-order chi connectivity index (χ1) is 24.1. The molecule has 2 saturated carbocycles. The number of hydrogen-bond donors (Lipinski definition) is 2. The number of piperidine rings is 1. The number of nitrogens with one attached hydrogen (secondary N) is 1. The van der Waals surface area contributed by atoms with Crippen LogP contribution in [0.3, 0.4) is 0 Å². The Kier molecular flexibility index (Phi) is 8.04. The number of rotatable bonds is 9. The van der Waals surface area contributed by atoms with Gasteiger partial charge in [0, 0.05) is 43.2 Å². The SMILES string of the molecule is COc1cc(C(=O)N2C[C@H](N)[C@@H]3CC[C@H]2C3)cc2nc(-c3cc4ccc([C@@H](C)NC(=O)c5cccc(C(F)F)n5)nc4n3CC3CC3)n(C)c12. The first-order valence-electron chi connectivity index (χ1n) is 17.3. The summed E-state index contributed by atoms with van der Waals surface area (Å²) < 4.78 is 36.4. The van der Waals surface area contributed by atoms with Crippen LogP contribution in [0.4, 0.5) is 8.78 Å². The predicted molar refractivity (Wildman–Crippen MR) is 184 cm³/mol. The predicted octanol–water partition coefficient (Wildman–Crippen LogP) is 5.78. The number of halogens is 2. The molecule has 2 aliphatic carbocycles. The van der Waals surface area contributed by atoms with Gasteiger partial charge in [0.25, 0.3) is 18.2 Å². The van der Waals surface area contributed by atoms with Gasteiger partial charge in [-0.05, 0) is 93.3 Å². The normalized spacial score (nSPS) is 20.9. The molecule has 5 heterocycles. The number of amides is 2. The Hall–Kier alpha value is -4.91. The zero-order valence-electron chi connectivity index (χ0n) is 28.3. The third kappa shape index (κ3) is 5.66. The summed E-state index contributed by atoms with van der Waals surface area (Å²) in [6.07, 6.45) is 2.48. The molecule has 2 bridgehead atoms. The van der Waals surface area contributed by atoms with Crippen molar-refractivity contribution in [3.05, 3.63) is 71.2 Å². The van der Waals surface area contributed by atoms with E-state index in [1.807, 2.05) is 40.8 Å². The number of pyridine rings is 2. The van der Waals surface area contributed by atoms with Crippen LogP contribution in [0, 0.1) is 11.8 Å². The van der Waals surface area contributed by atoms with Crippen LogP contribution in [0.5, 0.6) is 5.75 Å². The highest BCUT2D eigenvalue weighted by Gasteiger charge is 2.41. The zero-order chi connectivity index (χ0) is 34.8. The van der Waals surface area contributed by atoms with Crippen LogP contribution in [-0.4, -0.2) is 66.5 Å². The average molecular weight is 683 g/mol. The molecule has 3 N–H and O–H groups in total. The van der Waals surface area contributed by atoms with Crippen molar-refractivity contribution < 1.29 is 23.1 Å². The van der Waals surface area contributed by atoms with Gasteiger partial charge in [0.2, 0.25) is 0 Å². The summed E-state index contributed by atoms with van der Waals surface area (Å²) in [5.41, 5.74) is 10.2. The van der Waals surface area contributed by atoms with E-state index in [4.69, 9.17) is 20.4 Å². The van der Waals surface area contributed by atoms with Crippen molar-refractivity contribution in [1.29, 1.82) is 0 Å². The van der Waals surface area contributed by atoms with Gasteiger partial charge in [-0.15, -0.1) is 0 Å². The largest absolute Gasteiger partial charge is 0.494 e. The van der Waals surface area contributed by atoms with Crippen molar-refractivity contribution in [2.75, 3.05) is 13.7 Å². The third-order valence-corrected chi connectivity index (χ3v) is 10.7. The van der Waals surface area contributed by atoms with E-state index in [0.29, 0.717) is 46.7 Å². The second-order valence-electron chi connectivity index (χ2n) is 14.1. The van der Waals surface area contributed by atoms with Crippen molar-refractivity contribution in [1.82, 2.24) is 34.3 Å². The number of hydrogen-bond acceptors (Lipinski definition) is 7. The van der Waals surface area contributed by atoms with Crippen molar-refractivity contribution in [2.45, 2.75) is 70.1 Å². The first-order valence-corrected chi connectivity index (χ1v) is 17.3. The molecular weight excluding hydrogens is 642 g/mol. The number of aryl methyl sites for hydroxylation is 1. The Morgan fingerprint density at radius 3 is 2.62 bits per heavy atom. The molecule has 3 aliphatic rings. The molecule has 1 saturated heterocycles. The molecule has 4 atom stereocenters. The number of alkyl halides is 2. The zero-order valence-corrected chi connectivity index (χ0v) is 28.3. The van der Waals surface area contributed by atoms with Gasteiger partial charge in [-0.1, -0.05) is 6.07 Å². The van der Waals surface area contributed by atoms with Crippen LogP contribution in [0.2, 0.25) is 0 Å². The van der Waals surface area contributed by atoms with Gasteiger partial charge in [0.15, 0.2) is 5.82 Å². The molecule has 8 rings (SSSR count). The van der Waals surface area contributed by atoms with Crippen LogP contribution in [0.25, 0.3) is 33.6 Å². The molecule has 2 amide bonds. The molecule has 5 aromatic rings. The summed E-state index contributed by atoms with van der Waals surface area (Å²) in [6.45, 7) is 3.11. The van der Waals surface area contributed by atoms with Gasteiger partial charge in [-0.3, -0.25) is 9.59 Å². The minimum absolute atomic E-state index is 0.00596. The fourth-order valence-corrected chi connectivity index (χ4v) is 7.78. The maximum atomic E-state index is 13.9. The van der Waals surface area contributed by atoms with E-state index in [-0.39, 0.29) is 23.7 Å². The number of carbonyl (C=O) groups is 2. The Bertz CT molecular complexity index is 2140. The number of aromatic nitrogens is 5. The van der Waals surface area contributed by atoms with Crippen LogP contribution in [0.15, 0.2) is 48.5 Å². The Morgan fingerprint density at radius 1 is 1.04 bits per heavy atom. The van der Waals surface area contributed by atoms with Crippen molar-refractivity contribution in [3.8, 4) is 17.3 Å². The molecule has 0 spiro atoms. The molecule has 50 heavy (non-hydrogen) atoms. The molecule has 3 fully saturated rings. The lowest BCUT2D eigenvalue weighted by atomic mass is 9.94. The highest BCUT2D eigenvalue weighted by Crippen LogP contribution is 2.40. The lowest BCUT2D eigenvalue weighted by Gasteiger charge is -2.37. The quantitative estimate of drug-likeness (QED) is 0.201. The van der Waals surface area contributed by atoms with E-state index in [1.54, 1.807) is 14.0 Å². The summed E-state index contributed by atoms with van der Waals surface area (Å²) >= 11 is 0. The highest BCUT2D eigenvalue weighted by atomic mass is 19.3. The molecule has 11 nitrogen and oxygen atoms in total. The number of methoxy groups -OCH3 is 1. The van der Waals surface area contributed by atoms with Crippen LogP contribution >= 0.6 is 0 Å². The number of nitrogens with two attached hydrogens (primary N) is 1. The fraction of sp³-hybridized carbons (Fsp3) is 0.432. The maximum absolute atomic E-state index is 13.9. The number of likely N-dealkylation sites (tertiary alicyclic amines) is 1. The van der Waals surface area contributed by atoms with Gasteiger partial charge < -0.3 is 29.8 Å². The smallest absolute Gasteiger partial charge is 0.280 e. The number of imidazole rings is 1. The number of ether oxygens (including phenoxy) is 1. The van der Waals surface area contributed by atoms with E-state index in [2.05, 4.69) is 20.9 Å². The van der Waals surface area contributed by atoms with Crippen LogP contribution < -0.4 is 15.8 Å². The maximum Gasteiger partial charge on any atom is 0.280 e. The summed E-state index contributed by atoms with van der Waals surface area (Å²) in [7, 11) is 3.55. The average Bonchev–Trinajstić information content (AvgIpc) is 3.58. The monoisotopic (exact) mass is 682 g/mol. The number of benzene rings is 1. The van der Waals surface area contributed by atoms with Gasteiger partial charge in [-0.2, -0.15) is 0 Å². The van der Waals surface area contributed by atoms with Crippen molar-refractivity contribution >= 4 is 33.9 Å². The number of fused-ring (bicyclic) bond motifs is 4. The molecule has 1 aromatic carbocycles. The Morgan fingerprint density at radius 2 is 1.86 bits per heavy atom. The fourth-order valence-electron chi connectivity index (χ4n) is 7.78. The van der Waals surface area contributed by atoms with E-state index >= 15 is 0 Å². The van der Waals surface area contributed by atoms with Crippen molar-refractivity contribution in [2.24, 2.45) is 24.6 Å². The summed E-state index contributed by atoms with van der Waals surface area (Å²) in [5.74, 6) is 1.69. The minimum Gasteiger partial charge on any atom is -0.494 e. The molecule has 0 unspecified atom stereocenters. The summed E-state index contributed by atoms with van der Waals surface area (Å²) in [4.78, 5) is 42.7. The molecular formula is C37H40F2N8O3. The van der Waals surface area contributed by atoms with Crippen LogP contribution in [-0.2, 0) is 13.6 Å². The minimum atomic E-state index is -2.77. The van der Waals surface area contributed by atoms with Gasteiger partial charge >= 0.3 is 0 Å². The lowest BCUT2D eigenvalue weighted by Crippen LogP contribution is -2.51. The molecule has 260 valence electrons. The standard InChI is InChI=1S/C37H40F2N8O3/c1-19(41-36(48)28-6-4-5-27(42-28)33(38)39)26-12-10-22-15-30(47(34(22)43-26)17-20-7-8-20)35-44-29-14-23(16-31(50-3)32(29)45(35)2)37(49)46-18-25(40)21-9-11-24(46)13-21/h4-6,10,12,14-16,19-21,24-25,33H,7-9,11,13,17-18,40H2,1-3H3,(H,41,48)/t19-,21-,24+,25+/m1/s1. The van der Waals surface area contributed by atoms with Gasteiger partial charge in [-0.25, -0.2) is 23.7 Å². The van der Waals surface area contributed by atoms with Gasteiger partial charge in [0.1, 0.15) is 28.3 Å². The molecule has 13 heteroatoms. The molecule has 4 aromatic heterocycles. The van der Waals surface area contributed by atoms with Crippen LogP contribution in [0.1, 0.15) is 83.7 Å². The van der Waals surface area contributed by atoms with E-state index in [1.165, 1.54) is 18.2 Å². The second-order valence-corrected chi connectivity index (χ2v) is 14.1. The highest BCUT2D eigenvalue weighted by molar-refractivity contribution is 6.00. The lowest BCUT2D eigenvalue weighted by molar-refractivity contribution is 0.0603. The Balaban J connectivity index is 1.14. The van der Waals surface area contributed by atoms with E-state index in [9.17, 15) is 18.4 Å². The molecule has 0 radical (unpaired) electrons. The third-order valence-electron chi connectivity index (χ3n) is 10.7. The first kappa shape index (κ1) is 32.3. The Labute approximate surface area is 287 Å². The van der Waals surface area contributed by atoms with E-state index in [0.717, 1.165) is 60.9 Å². The second kappa shape index (κ2) is 12.4. The topological polar surface area (TPSA) is 133 Å². The summed E-state index contributed by atoms with van der Waals surface area (Å²) in [6, 6.07) is 13.3. The summed E-state index contributed by atoms with van der Waals surface area (Å²) in [5, 5.41) is 3.77. The van der Waals surface area contributed by atoms with E-state index < -0.39 is 24.1 Å². The molecule has 1 aliphatic heterocycles. The van der Waals surface area contributed by atoms with Gasteiger partial charge in [0.05, 0.1) is 30.1 Å². The number of nitrogens with zero attached hydrogens (tertiary/aromatic N) is 6. The van der Waals surface area contributed by atoms with Crippen molar-refractivity contribution in [3.63, 3.8) is 0 Å².